The van der Waals surface area contributed by atoms with Crippen molar-refractivity contribution >= 4 is 51.4 Å². The Bertz CT molecular complexity index is 1270. The third-order valence-electron chi connectivity index (χ3n) is 4.62. The molecule has 0 aliphatic carbocycles. The number of esters is 1. The Morgan fingerprint density at radius 3 is 2.24 bits per heavy atom. The Morgan fingerprint density at radius 1 is 1.00 bits per heavy atom. The highest BCUT2D eigenvalue weighted by molar-refractivity contribution is 7.19. The van der Waals surface area contributed by atoms with Crippen molar-refractivity contribution in [2.24, 2.45) is 0 Å². The Morgan fingerprint density at radius 2 is 1.65 bits per heavy atom. The number of carbonyl (C=O) groups is 3. The molecule has 2 amide bonds. The van der Waals surface area contributed by atoms with Gasteiger partial charge in [-0.2, -0.15) is 13.2 Å². The van der Waals surface area contributed by atoms with Crippen LogP contribution in [0.1, 0.15) is 41.5 Å². The van der Waals surface area contributed by atoms with Gasteiger partial charge in [0.05, 0.1) is 33.8 Å². The summed E-state index contributed by atoms with van der Waals surface area (Å²) in [4.78, 5) is 37.7. The van der Waals surface area contributed by atoms with Gasteiger partial charge in [0.1, 0.15) is 10.8 Å². The monoisotopic (exact) mass is 514 g/mol. The summed E-state index contributed by atoms with van der Waals surface area (Å²) >= 11 is 6.65. The van der Waals surface area contributed by atoms with E-state index in [1.807, 2.05) is 0 Å². The second-order valence-corrected chi connectivity index (χ2v) is 8.29. The fourth-order valence-electron chi connectivity index (χ4n) is 2.92. The number of benzene rings is 2. The molecule has 1 heterocycles. The summed E-state index contributed by atoms with van der Waals surface area (Å²) in [6.45, 7) is 1.42. The maximum Gasteiger partial charge on any atom is 0.416 e. The molecule has 0 saturated heterocycles. The lowest BCUT2D eigenvalue weighted by molar-refractivity contribution is -0.137. The first-order valence-electron chi connectivity index (χ1n) is 9.39. The van der Waals surface area contributed by atoms with Crippen molar-refractivity contribution in [1.82, 2.24) is 0 Å². The summed E-state index contributed by atoms with van der Waals surface area (Å²) in [5, 5.41) is 4.63. The molecule has 2 aromatic carbocycles. The van der Waals surface area contributed by atoms with E-state index in [4.69, 9.17) is 16.3 Å². The van der Waals surface area contributed by atoms with E-state index in [2.05, 4.69) is 10.6 Å². The van der Waals surface area contributed by atoms with Crippen LogP contribution in [0.4, 0.5) is 28.3 Å². The van der Waals surface area contributed by atoms with Gasteiger partial charge in [-0.15, -0.1) is 11.3 Å². The number of hydrogen-bond acceptors (Lipinski definition) is 5. The van der Waals surface area contributed by atoms with Crippen LogP contribution in [0.3, 0.4) is 0 Å². The van der Waals surface area contributed by atoms with Gasteiger partial charge < -0.3 is 15.4 Å². The quantitative estimate of drug-likeness (QED) is 0.315. The van der Waals surface area contributed by atoms with Crippen LogP contribution in [0.15, 0.2) is 42.5 Å². The number of amides is 2. The molecule has 12 heteroatoms. The van der Waals surface area contributed by atoms with Gasteiger partial charge >= 0.3 is 12.1 Å². The van der Waals surface area contributed by atoms with Crippen molar-refractivity contribution in [3.05, 3.63) is 80.4 Å². The van der Waals surface area contributed by atoms with E-state index >= 15 is 0 Å². The topological polar surface area (TPSA) is 84.5 Å². The molecule has 3 aromatic rings. The lowest BCUT2D eigenvalue weighted by Gasteiger charge is -2.11. The van der Waals surface area contributed by atoms with Gasteiger partial charge in [-0.25, -0.2) is 9.18 Å². The van der Waals surface area contributed by atoms with Gasteiger partial charge in [-0.3, -0.25) is 9.59 Å². The molecule has 0 atom stereocenters. The summed E-state index contributed by atoms with van der Waals surface area (Å²) < 4.78 is 56.9. The standard InChI is InChI=1S/C22H15ClF4N2O4S/c1-10-16(21(32)33-2)20(29-18(30)11-3-6-13(24)7-4-11)34-17(10)19(31)28-15-9-12(22(25,26)27)5-8-14(15)23/h3-9H,1-2H3,(H,28,31)(H,29,30). The molecule has 0 radical (unpaired) electrons. The second kappa shape index (κ2) is 9.82. The highest BCUT2D eigenvalue weighted by Gasteiger charge is 2.32. The minimum atomic E-state index is -4.65. The van der Waals surface area contributed by atoms with Crippen molar-refractivity contribution in [3.8, 4) is 0 Å². The molecule has 0 spiro atoms. The van der Waals surface area contributed by atoms with Crippen molar-refractivity contribution in [1.29, 1.82) is 0 Å². The molecular weight excluding hydrogens is 500 g/mol. The minimum absolute atomic E-state index is 0.0287. The van der Waals surface area contributed by atoms with Crippen LogP contribution in [0.5, 0.6) is 0 Å². The fourth-order valence-corrected chi connectivity index (χ4v) is 4.17. The lowest BCUT2D eigenvalue weighted by Crippen LogP contribution is -2.15. The van der Waals surface area contributed by atoms with Gasteiger partial charge in [-0.05, 0) is 55.0 Å². The molecule has 34 heavy (non-hydrogen) atoms. The fraction of sp³-hybridized carbons (Fsp3) is 0.136. The number of methoxy groups -OCH3 is 1. The van der Waals surface area contributed by atoms with Crippen molar-refractivity contribution in [2.45, 2.75) is 13.1 Å². The second-order valence-electron chi connectivity index (χ2n) is 6.86. The summed E-state index contributed by atoms with van der Waals surface area (Å²) in [5.74, 6) is -2.93. The van der Waals surface area contributed by atoms with Crippen LogP contribution in [-0.4, -0.2) is 24.9 Å². The Hall–Kier alpha value is -3.44. The molecular formula is C22H15ClF4N2O4S. The van der Waals surface area contributed by atoms with Crippen LogP contribution in [0, 0.1) is 12.7 Å². The number of halogens is 5. The van der Waals surface area contributed by atoms with Crippen molar-refractivity contribution < 1.29 is 36.7 Å². The van der Waals surface area contributed by atoms with Crippen LogP contribution in [0.25, 0.3) is 0 Å². The Kier molecular flexibility index (Phi) is 7.27. The van der Waals surface area contributed by atoms with Crippen molar-refractivity contribution in [3.63, 3.8) is 0 Å². The number of thiophene rings is 1. The maximum absolute atomic E-state index is 13.1. The molecule has 0 unspecified atom stereocenters. The molecule has 0 saturated carbocycles. The van der Waals surface area contributed by atoms with Crippen LogP contribution in [-0.2, 0) is 10.9 Å². The lowest BCUT2D eigenvalue weighted by atomic mass is 10.1. The first-order valence-corrected chi connectivity index (χ1v) is 10.6. The average molecular weight is 515 g/mol. The van der Waals surface area contributed by atoms with Gasteiger partial charge in [0.15, 0.2) is 0 Å². The highest BCUT2D eigenvalue weighted by atomic mass is 35.5. The molecule has 0 aliphatic rings. The van der Waals surface area contributed by atoms with E-state index < -0.39 is 35.3 Å². The van der Waals surface area contributed by atoms with E-state index in [9.17, 15) is 31.9 Å². The van der Waals surface area contributed by atoms with E-state index in [0.29, 0.717) is 17.4 Å². The summed E-state index contributed by atoms with van der Waals surface area (Å²) in [6, 6.07) is 7.06. The number of carbonyl (C=O) groups excluding carboxylic acids is 3. The summed E-state index contributed by atoms with van der Waals surface area (Å²) in [7, 11) is 1.10. The van der Waals surface area contributed by atoms with Gasteiger partial charge in [0, 0.05) is 5.56 Å². The van der Waals surface area contributed by atoms with Gasteiger partial charge in [-0.1, -0.05) is 11.6 Å². The number of alkyl halides is 3. The van der Waals surface area contributed by atoms with Crippen LogP contribution in [0.2, 0.25) is 5.02 Å². The normalized spacial score (nSPS) is 11.1. The molecule has 6 nitrogen and oxygen atoms in total. The van der Waals surface area contributed by atoms with Gasteiger partial charge in [0.25, 0.3) is 11.8 Å². The zero-order valence-electron chi connectivity index (χ0n) is 17.5. The van der Waals surface area contributed by atoms with E-state index in [0.717, 1.165) is 31.4 Å². The molecule has 0 aliphatic heterocycles. The number of ether oxygens (including phenoxy) is 1. The predicted octanol–water partition coefficient (Wildman–Crippen LogP) is 6.16. The Balaban J connectivity index is 1.95. The number of nitrogens with one attached hydrogen (secondary N) is 2. The molecule has 2 N–H and O–H groups in total. The molecule has 1 aromatic heterocycles. The first-order chi connectivity index (χ1) is 15.9. The molecule has 0 bridgehead atoms. The maximum atomic E-state index is 13.1. The summed E-state index contributed by atoms with van der Waals surface area (Å²) in [5.41, 5.74) is -1.19. The predicted molar refractivity (Wildman–Crippen MR) is 119 cm³/mol. The summed E-state index contributed by atoms with van der Waals surface area (Å²) in [6.07, 6.45) is -4.65. The van der Waals surface area contributed by atoms with Gasteiger partial charge in [0.2, 0.25) is 0 Å². The van der Waals surface area contributed by atoms with E-state index in [1.165, 1.54) is 19.1 Å². The van der Waals surface area contributed by atoms with Crippen molar-refractivity contribution in [2.75, 3.05) is 17.7 Å². The number of rotatable bonds is 5. The largest absolute Gasteiger partial charge is 0.465 e. The average Bonchev–Trinajstić information content (AvgIpc) is 3.10. The van der Waals surface area contributed by atoms with Crippen LogP contribution < -0.4 is 10.6 Å². The third-order valence-corrected chi connectivity index (χ3v) is 6.15. The zero-order chi connectivity index (χ0) is 25.2. The SMILES string of the molecule is COC(=O)c1c(NC(=O)c2ccc(F)cc2)sc(C(=O)Nc2cc(C(F)(F)F)ccc2Cl)c1C. The molecule has 0 fully saturated rings. The number of hydrogen-bond donors (Lipinski definition) is 2. The highest BCUT2D eigenvalue weighted by Crippen LogP contribution is 2.37. The molecule has 3 rings (SSSR count). The zero-order valence-corrected chi connectivity index (χ0v) is 19.0. The number of anilines is 2. The Labute approximate surface area is 199 Å². The minimum Gasteiger partial charge on any atom is -0.465 e. The first kappa shape index (κ1) is 25.2. The third kappa shape index (κ3) is 5.37. The smallest absolute Gasteiger partial charge is 0.416 e. The van der Waals surface area contributed by atoms with E-state index in [-0.39, 0.29) is 37.3 Å². The molecule has 178 valence electrons. The van der Waals surface area contributed by atoms with E-state index in [1.54, 1.807) is 0 Å². The van der Waals surface area contributed by atoms with Crippen LogP contribution >= 0.6 is 22.9 Å².